The molecule has 55 heavy (non-hydrogen) atoms. The Hall–Kier alpha value is 0.800. The summed E-state index contributed by atoms with van der Waals surface area (Å²) < 4.78 is 140. The van der Waals surface area contributed by atoms with Gasteiger partial charge in [-0.15, -0.1) is 0 Å². The number of hydrogen-bond acceptors (Lipinski definition) is 18. The van der Waals surface area contributed by atoms with E-state index >= 15 is 0 Å². The van der Waals surface area contributed by atoms with Gasteiger partial charge >= 0.3 is 62.6 Å². The largest absolute Gasteiger partial charge is 0.470 e. The minimum absolute atomic E-state index is 1.44. The number of hydrogen-bond donors (Lipinski definition) is 16. The molecule has 16 N–H and O–H groups in total. The van der Waals surface area contributed by atoms with E-state index < -0.39 is 143 Å². The maximum Gasteiger partial charge on any atom is 0.470 e. The molecule has 2 fully saturated rings. The van der Waals surface area contributed by atoms with Crippen LogP contribution in [-0.2, 0) is 82.2 Å². The summed E-state index contributed by atoms with van der Waals surface area (Å²) in [6, 6.07) is 0. The van der Waals surface area contributed by atoms with Crippen LogP contribution in [0.1, 0.15) is 6.42 Å². The summed E-state index contributed by atoms with van der Waals surface area (Å²) >= 11 is 0. The zero-order chi connectivity index (χ0) is 43.0. The molecule has 0 amide bonds. The van der Waals surface area contributed by atoms with Crippen LogP contribution in [0.3, 0.4) is 0 Å². The van der Waals surface area contributed by atoms with Crippen molar-refractivity contribution < 1.29 is 160 Å². The first-order chi connectivity index (χ1) is 24.2. The highest BCUT2D eigenvalue weighted by Gasteiger charge is 2.64. The Labute approximate surface area is 303 Å². The fraction of sp³-hybridized carbons (Fsp3) is 1.00. The van der Waals surface area contributed by atoms with Crippen LogP contribution in [0, 0.1) is 5.92 Å². The summed E-state index contributed by atoms with van der Waals surface area (Å²) in [5, 5.41) is 0. The van der Waals surface area contributed by atoms with E-state index in [1.165, 1.54) is 0 Å². The molecule has 0 aromatic carbocycles. The van der Waals surface area contributed by atoms with Gasteiger partial charge in [-0.05, 0) is 6.42 Å². The van der Waals surface area contributed by atoms with E-state index in [4.69, 9.17) is 9.47 Å². The second kappa shape index (κ2) is 18.4. The number of ether oxygens (including phenoxy) is 2. The van der Waals surface area contributed by atoms with Gasteiger partial charge in [-0.25, -0.2) is 36.5 Å². The molecule has 0 aromatic heterocycles. The monoisotopic (exact) mass is 980 g/mol. The smallest absolute Gasteiger partial charge is 0.341 e. The van der Waals surface area contributed by atoms with E-state index in [1.807, 2.05) is 0 Å². The Bertz CT molecular complexity index is 1700. The molecule has 0 bridgehead atoms. The van der Waals surface area contributed by atoms with Crippen molar-refractivity contribution >= 4 is 62.6 Å². The van der Waals surface area contributed by atoms with Crippen molar-refractivity contribution in [3.63, 3.8) is 0 Å². The average molecular weight is 980 g/mol. The highest BCUT2D eigenvalue weighted by atomic mass is 31.2. The van der Waals surface area contributed by atoms with Gasteiger partial charge in [-0.3, -0.25) is 36.2 Å². The molecule has 0 spiro atoms. The maximum absolute atomic E-state index is 12.1. The summed E-state index contributed by atoms with van der Waals surface area (Å²) in [5.74, 6) is -2.16. The standard InChI is InChI=1S/C13H32O34P8/c14-48(15,16)38-2-5-1-13(4-40-50(20,21)22,11(47-55(35,36)37)7(5)43-51(23,24)25)42-12-10(46-54(32,33)34)9(45-53(29,30)31)8(44-52(26,27)28)6(41-12)3-39-49(17,18)19/h5-12H,1-4H2,(H2,14,15,16)(H2,17,18,19)(H2,20,21,22)(H2,23,24,25)(H2,26,27,28)(H2,29,30,31)(H2,32,33,34)(H2,35,36,37)/t5?,6?,7?,8-,9+,10?,11?,12+,13?/m1/s1. The Morgan fingerprint density at radius 1 is 0.455 bits per heavy atom. The van der Waals surface area contributed by atoms with Gasteiger partial charge in [0.2, 0.25) is 0 Å². The van der Waals surface area contributed by atoms with Crippen LogP contribution in [0.5, 0.6) is 0 Å². The van der Waals surface area contributed by atoms with E-state index in [2.05, 4.69) is 36.2 Å². The van der Waals surface area contributed by atoms with Gasteiger partial charge in [0.05, 0.1) is 19.8 Å². The predicted octanol–water partition coefficient (Wildman–Crippen LogP) is -3.80. The SMILES string of the molecule is O=P(O)(O)OCC1CC(COP(=O)(O)O)(O[C@@H]2OC(COP(=O)(O)O)[C@@H](OP(=O)(O)O)[C@H](OP(=O)(O)O)C2OP(=O)(O)O)C(OP(=O)(O)O)C1OP(=O)(O)O. The minimum Gasteiger partial charge on any atom is -0.341 e. The molecule has 0 aromatic rings. The molecule has 6 unspecified atom stereocenters. The minimum atomic E-state index is -6.20. The quantitative estimate of drug-likeness (QED) is 0.0491. The Balaban J connectivity index is 3.02. The van der Waals surface area contributed by atoms with E-state index in [1.54, 1.807) is 0 Å². The van der Waals surface area contributed by atoms with Crippen molar-refractivity contribution in [1.29, 1.82) is 0 Å². The Kier molecular flexibility index (Phi) is 17.4. The molecule has 1 aliphatic carbocycles. The number of rotatable bonds is 21. The highest BCUT2D eigenvalue weighted by molar-refractivity contribution is 7.48. The van der Waals surface area contributed by atoms with Gasteiger partial charge in [-0.1, -0.05) is 0 Å². The molecule has 1 saturated carbocycles. The number of phosphoric acid groups is 8. The third kappa shape index (κ3) is 19.4. The van der Waals surface area contributed by atoms with Crippen LogP contribution in [-0.4, -0.2) is 147 Å². The number of phosphoric ester groups is 8. The second-order valence-electron chi connectivity index (χ2n) is 10.8. The molecule has 1 aliphatic heterocycles. The van der Waals surface area contributed by atoms with Crippen molar-refractivity contribution in [2.45, 2.75) is 54.9 Å². The average Bonchev–Trinajstić information content (AvgIpc) is 3.15. The van der Waals surface area contributed by atoms with Crippen LogP contribution in [0.4, 0.5) is 0 Å². The molecule has 2 aliphatic rings. The van der Waals surface area contributed by atoms with E-state index in [0.717, 1.165) is 0 Å². The lowest BCUT2D eigenvalue weighted by atomic mass is 9.96. The molecule has 42 heteroatoms. The van der Waals surface area contributed by atoms with Crippen LogP contribution in [0.25, 0.3) is 0 Å². The van der Waals surface area contributed by atoms with Crippen LogP contribution < -0.4 is 0 Å². The van der Waals surface area contributed by atoms with Crippen molar-refractivity contribution in [3.8, 4) is 0 Å². The van der Waals surface area contributed by atoms with Gasteiger partial charge in [0.25, 0.3) is 0 Å². The Morgan fingerprint density at radius 2 is 0.836 bits per heavy atom. The first kappa shape index (κ1) is 51.9. The van der Waals surface area contributed by atoms with Crippen LogP contribution >= 0.6 is 62.6 Å². The highest BCUT2D eigenvalue weighted by Crippen LogP contribution is 2.57. The fourth-order valence-corrected chi connectivity index (χ4v) is 8.99. The van der Waals surface area contributed by atoms with Crippen molar-refractivity contribution in [3.05, 3.63) is 0 Å². The van der Waals surface area contributed by atoms with E-state index in [9.17, 15) is 115 Å². The van der Waals surface area contributed by atoms with Gasteiger partial charge in [0.1, 0.15) is 42.2 Å². The summed E-state index contributed by atoms with van der Waals surface area (Å²) in [4.78, 5) is 152. The molecule has 34 nitrogen and oxygen atoms in total. The molecule has 328 valence electrons. The van der Waals surface area contributed by atoms with Crippen molar-refractivity contribution in [2.75, 3.05) is 19.8 Å². The zero-order valence-electron chi connectivity index (χ0n) is 26.0. The topological polar surface area (TPSA) is 553 Å². The normalized spacial score (nSPS) is 30.8. The van der Waals surface area contributed by atoms with Crippen molar-refractivity contribution in [2.24, 2.45) is 5.92 Å². The van der Waals surface area contributed by atoms with Crippen LogP contribution in [0.2, 0.25) is 0 Å². The molecule has 2 rings (SSSR count). The van der Waals surface area contributed by atoms with Gasteiger partial charge < -0.3 is 87.8 Å². The van der Waals surface area contributed by atoms with E-state index in [-0.39, 0.29) is 0 Å². The molecule has 1 heterocycles. The lowest BCUT2D eigenvalue weighted by Crippen LogP contribution is -2.64. The first-order valence-corrected chi connectivity index (χ1v) is 25.5. The van der Waals surface area contributed by atoms with Crippen LogP contribution in [0.15, 0.2) is 0 Å². The van der Waals surface area contributed by atoms with E-state index in [0.29, 0.717) is 0 Å². The molecular weight excluding hydrogens is 948 g/mol. The molecular formula is C13H32O34P8. The molecule has 1 saturated heterocycles. The lowest BCUT2D eigenvalue weighted by Gasteiger charge is -2.48. The van der Waals surface area contributed by atoms with Gasteiger partial charge in [-0.2, -0.15) is 0 Å². The summed E-state index contributed by atoms with van der Waals surface area (Å²) in [6.45, 7) is -5.19. The summed E-state index contributed by atoms with van der Waals surface area (Å²) in [7, 11) is -47.7. The van der Waals surface area contributed by atoms with Gasteiger partial charge in [0, 0.05) is 5.92 Å². The third-order valence-corrected chi connectivity index (χ3v) is 10.5. The predicted molar refractivity (Wildman–Crippen MR) is 159 cm³/mol. The summed E-state index contributed by atoms with van der Waals surface area (Å²) in [5.41, 5.74) is -3.40. The molecule has 9 atom stereocenters. The lowest BCUT2D eigenvalue weighted by molar-refractivity contribution is -0.330. The van der Waals surface area contributed by atoms with Gasteiger partial charge in [0.15, 0.2) is 6.29 Å². The summed E-state index contributed by atoms with van der Waals surface area (Å²) in [6.07, 6.45) is -22.3. The molecule has 0 radical (unpaired) electrons. The Morgan fingerprint density at radius 3 is 1.25 bits per heavy atom. The zero-order valence-corrected chi connectivity index (χ0v) is 33.2. The first-order valence-electron chi connectivity index (χ1n) is 13.3. The third-order valence-electron chi connectivity index (χ3n) is 6.46. The fourth-order valence-electron chi connectivity index (χ4n) is 5.00. The second-order valence-corrected chi connectivity index (χ2v) is 20.5. The van der Waals surface area contributed by atoms with Crippen molar-refractivity contribution in [1.82, 2.24) is 0 Å². The maximum atomic E-state index is 12.1.